The van der Waals surface area contributed by atoms with Crippen molar-refractivity contribution in [3.63, 3.8) is 0 Å². The van der Waals surface area contributed by atoms with Gasteiger partial charge in [-0.15, -0.1) is 11.3 Å². The van der Waals surface area contributed by atoms with Crippen LogP contribution in [0.1, 0.15) is 43.2 Å². The lowest BCUT2D eigenvalue weighted by molar-refractivity contribution is 0.304. The first-order valence-electron chi connectivity index (χ1n) is 7.17. The molecule has 0 amide bonds. The van der Waals surface area contributed by atoms with Crippen molar-refractivity contribution in [3.8, 4) is 5.75 Å². The zero-order chi connectivity index (χ0) is 14.4. The highest BCUT2D eigenvalue weighted by atomic mass is 32.1. The van der Waals surface area contributed by atoms with Crippen molar-refractivity contribution in [3.05, 3.63) is 52.2 Å². The van der Waals surface area contributed by atoms with Gasteiger partial charge in [0.15, 0.2) is 0 Å². The van der Waals surface area contributed by atoms with Gasteiger partial charge in [0.05, 0.1) is 0 Å². The number of para-hydroxylation sites is 1. The summed E-state index contributed by atoms with van der Waals surface area (Å²) in [5, 5.41) is 5.60. The monoisotopic (exact) mass is 289 g/mol. The first kappa shape index (κ1) is 15.1. The predicted octanol–water partition coefficient (Wildman–Crippen LogP) is 4.60. The van der Waals surface area contributed by atoms with Crippen LogP contribution < -0.4 is 10.1 Å². The Labute approximate surface area is 125 Å². The number of hydrogen-bond acceptors (Lipinski definition) is 3. The van der Waals surface area contributed by atoms with Crippen LogP contribution in [0, 0.1) is 0 Å². The second-order valence-electron chi connectivity index (χ2n) is 5.23. The third-order valence-electron chi connectivity index (χ3n) is 3.32. The lowest BCUT2D eigenvalue weighted by Gasteiger charge is -2.15. The van der Waals surface area contributed by atoms with E-state index in [4.69, 9.17) is 4.74 Å². The second-order valence-corrected chi connectivity index (χ2v) is 6.21. The highest BCUT2D eigenvalue weighted by Gasteiger charge is 2.08. The van der Waals surface area contributed by atoms with E-state index in [9.17, 15) is 0 Å². The maximum Gasteiger partial charge on any atom is 0.122 e. The molecule has 1 heterocycles. The van der Waals surface area contributed by atoms with Crippen LogP contribution in [0.25, 0.3) is 0 Å². The Bertz CT molecular complexity index is 507. The molecule has 1 atom stereocenters. The van der Waals surface area contributed by atoms with Gasteiger partial charge in [0.2, 0.25) is 0 Å². The number of thiophene rings is 1. The van der Waals surface area contributed by atoms with E-state index < -0.39 is 0 Å². The molecule has 3 heteroatoms. The Morgan fingerprint density at radius 1 is 1.10 bits per heavy atom. The lowest BCUT2D eigenvalue weighted by atomic mass is 10.0. The van der Waals surface area contributed by atoms with E-state index in [-0.39, 0.29) is 0 Å². The van der Waals surface area contributed by atoms with Gasteiger partial charge in [-0.1, -0.05) is 38.1 Å². The average molecular weight is 289 g/mol. The van der Waals surface area contributed by atoms with Gasteiger partial charge in [-0.25, -0.2) is 0 Å². The zero-order valence-electron chi connectivity index (χ0n) is 12.4. The molecule has 1 aromatic heterocycles. The van der Waals surface area contributed by atoms with Crippen molar-refractivity contribution >= 4 is 11.3 Å². The quantitative estimate of drug-likeness (QED) is 0.752. The molecule has 0 aliphatic heterocycles. The molecule has 1 N–H and O–H groups in total. The van der Waals surface area contributed by atoms with Crippen LogP contribution in [0.5, 0.6) is 5.75 Å². The average Bonchev–Trinajstić information content (AvgIpc) is 2.98. The molecule has 0 saturated heterocycles. The molecular weight excluding hydrogens is 266 g/mol. The number of benzene rings is 1. The van der Waals surface area contributed by atoms with Crippen LogP contribution >= 0.6 is 11.3 Å². The molecule has 20 heavy (non-hydrogen) atoms. The van der Waals surface area contributed by atoms with E-state index in [0.29, 0.717) is 18.6 Å². The van der Waals surface area contributed by atoms with Crippen LogP contribution in [-0.2, 0) is 0 Å². The summed E-state index contributed by atoms with van der Waals surface area (Å²) in [6.45, 7) is 8.12. The predicted molar refractivity (Wildman–Crippen MR) is 86.8 cm³/mol. The standard InChI is InChI=1S/C17H23NOS/c1-13(2)15-7-4-5-8-16(15)19-11-10-18-14(3)17-9-6-12-20-17/h4-9,12-14,18H,10-11H2,1-3H3. The normalized spacial score (nSPS) is 12.6. The van der Waals surface area contributed by atoms with Gasteiger partial charge < -0.3 is 10.1 Å². The van der Waals surface area contributed by atoms with E-state index in [1.165, 1.54) is 10.4 Å². The smallest absolute Gasteiger partial charge is 0.122 e. The molecule has 0 spiro atoms. The lowest BCUT2D eigenvalue weighted by Crippen LogP contribution is -2.24. The highest BCUT2D eigenvalue weighted by Crippen LogP contribution is 2.25. The molecule has 2 nitrogen and oxygen atoms in total. The van der Waals surface area contributed by atoms with Gasteiger partial charge in [0.1, 0.15) is 12.4 Å². The third kappa shape index (κ3) is 4.09. The van der Waals surface area contributed by atoms with E-state index in [1.54, 1.807) is 11.3 Å². The minimum absolute atomic E-state index is 0.388. The molecule has 0 radical (unpaired) electrons. The Morgan fingerprint density at radius 2 is 1.90 bits per heavy atom. The maximum absolute atomic E-state index is 5.91. The van der Waals surface area contributed by atoms with Gasteiger partial charge >= 0.3 is 0 Å². The zero-order valence-corrected chi connectivity index (χ0v) is 13.2. The van der Waals surface area contributed by atoms with Crippen molar-refractivity contribution in [1.82, 2.24) is 5.32 Å². The second kappa shape index (κ2) is 7.46. The summed E-state index contributed by atoms with van der Waals surface area (Å²) >= 11 is 1.79. The van der Waals surface area contributed by atoms with Crippen molar-refractivity contribution in [2.24, 2.45) is 0 Å². The number of rotatable bonds is 7. The number of nitrogens with one attached hydrogen (secondary N) is 1. The number of hydrogen-bond donors (Lipinski definition) is 1. The van der Waals surface area contributed by atoms with Gasteiger partial charge in [0.25, 0.3) is 0 Å². The molecule has 0 saturated carbocycles. The minimum Gasteiger partial charge on any atom is -0.492 e. The van der Waals surface area contributed by atoms with Crippen LogP contribution in [0.2, 0.25) is 0 Å². The molecule has 0 aliphatic rings. The topological polar surface area (TPSA) is 21.3 Å². The Balaban J connectivity index is 1.79. The van der Waals surface area contributed by atoms with E-state index in [2.05, 4.69) is 61.8 Å². The van der Waals surface area contributed by atoms with E-state index in [1.807, 2.05) is 6.07 Å². The summed E-state index contributed by atoms with van der Waals surface area (Å²) in [4.78, 5) is 1.37. The summed E-state index contributed by atoms with van der Waals surface area (Å²) < 4.78 is 5.91. The molecule has 0 fully saturated rings. The Morgan fingerprint density at radius 3 is 2.60 bits per heavy atom. The fourth-order valence-corrected chi connectivity index (χ4v) is 2.92. The van der Waals surface area contributed by atoms with Crippen molar-refractivity contribution in [2.45, 2.75) is 32.7 Å². The SMILES string of the molecule is CC(C)c1ccccc1OCCNC(C)c1cccs1. The summed E-state index contributed by atoms with van der Waals surface area (Å²) in [6, 6.07) is 12.9. The molecule has 2 aromatic rings. The van der Waals surface area contributed by atoms with Crippen LogP contribution in [0.15, 0.2) is 41.8 Å². The summed E-state index contributed by atoms with van der Waals surface area (Å²) in [5.74, 6) is 1.50. The van der Waals surface area contributed by atoms with Crippen molar-refractivity contribution in [2.75, 3.05) is 13.2 Å². The molecule has 0 bridgehead atoms. The minimum atomic E-state index is 0.388. The summed E-state index contributed by atoms with van der Waals surface area (Å²) in [5.41, 5.74) is 1.28. The fraction of sp³-hybridized carbons (Fsp3) is 0.412. The van der Waals surface area contributed by atoms with Crippen molar-refractivity contribution < 1.29 is 4.74 Å². The highest BCUT2D eigenvalue weighted by molar-refractivity contribution is 7.10. The Kier molecular flexibility index (Phi) is 5.62. The Hall–Kier alpha value is -1.32. The molecule has 0 aliphatic carbocycles. The van der Waals surface area contributed by atoms with Gasteiger partial charge in [0, 0.05) is 17.5 Å². The summed E-state index contributed by atoms with van der Waals surface area (Å²) in [6.07, 6.45) is 0. The van der Waals surface area contributed by atoms with Crippen LogP contribution in [-0.4, -0.2) is 13.2 Å². The molecule has 1 aromatic carbocycles. The third-order valence-corrected chi connectivity index (χ3v) is 4.38. The first-order chi connectivity index (χ1) is 9.68. The molecule has 2 rings (SSSR count). The summed E-state index contributed by atoms with van der Waals surface area (Å²) in [7, 11) is 0. The van der Waals surface area contributed by atoms with E-state index >= 15 is 0 Å². The largest absolute Gasteiger partial charge is 0.492 e. The van der Waals surface area contributed by atoms with Crippen molar-refractivity contribution in [1.29, 1.82) is 0 Å². The first-order valence-corrected chi connectivity index (χ1v) is 8.05. The van der Waals surface area contributed by atoms with Gasteiger partial charge in [-0.2, -0.15) is 0 Å². The number of ether oxygens (including phenoxy) is 1. The molecule has 108 valence electrons. The van der Waals surface area contributed by atoms with Crippen LogP contribution in [0.4, 0.5) is 0 Å². The van der Waals surface area contributed by atoms with Gasteiger partial charge in [-0.3, -0.25) is 0 Å². The maximum atomic E-state index is 5.91. The fourth-order valence-electron chi connectivity index (χ4n) is 2.16. The van der Waals surface area contributed by atoms with E-state index in [0.717, 1.165) is 12.3 Å². The van der Waals surface area contributed by atoms with Gasteiger partial charge in [-0.05, 0) is 35.9 Å². The van der Waals surface area contributed by atoms with Crippen LogP contribution in [0.3, 0.4) is 0 Å². The molecular formula is C17H23NOS. The molecule has 1 unspecified atom stereocenters.